The van der Waals surface area contributed by atoms with Gasteiger partial charge in [-0.3, -0.25) is 9.36 Å². The van der Waals surface area contributed by atoms with Crippen LogP contribution in [0.2, 0.25) is 0 Å². The molecule has 1 aromatic heterocycles. The van der Waals surface area contributed by atoms with Crippen molar-refractivity contribution in [1.82, 2.24) is 4.57 Å². The van der Waals surface area contributed by atoms with Crippen molar-refractivity contribution in [1.29, 1.82) is 0 Å². The Labute approximate surface area is 110 Å². The maximum absolute atomic E-state index is 11.8. The Morgan fingerprint density at radius 3 is 3.17 bits per heavy atom. The lowest BCUT2D eigenvalue weighted by Gasteiger charge is -2.08. The van der Waals surface area contributed by atoms with Crippen molar-refractivity contribution in [2.45, 2.75) is 26.3 Å². The SMILES string of the molecule is CCCn1c(-c2ccc3c(c2)CCN3)csc1=O. The highest BCUT2D eigenvalue weighted by atomic mass is 32.1. The van der Waals surface area contributed by atoms with E-state index >= 15 is 0 Å². The second-order valence-electron chi connectivity index (χ2n) is 4.59. The summed E-state index contributed by atoms with van der Waals surface area (Å²) in [5, 5.41) is 5.33. The van der Waals surface area contributed by atoms with Gasteiger partial charge in [0.05, 0.1) is 5.69 Å². The van der Waals surface area contributed by atoms with E-state index in [1.807, 2.05) is 9.95 Å². The van der Waals surface area contributed by atoms with Crippen molar-refractivity contribution < 1.29 is 0 Å². The molecule has 18 heavy (non-hydrogen) atoms. The van der Waals surface area contributed by atoms with Gasteiger partial charge in [0.25, 0.3) is 0 Å². The summed E-state index contributed by atoms with van der Waals surface area (Å²) in [6, 6.07) is 6.43. The minimum atomic E-state index is 0.144. The lowest BCUT2D eigenvalue weighted by molar-refractivity contribution is 0.675. The number of nitrogens with zero attached hydrogens (tertiary/aromatic N) is 1. The molecule has 2 heterocycles. The zero-order chi connectivity index (χ0) is 12.5. The van der Waals surface area contributed by atoms with Gasteiger partial charge in [-0.2, -0.15) is 0 Å². The highest BCUT2D eigenvalue weighted by Crippen LogP contribution is 2.28. The molecule has 1 aliphatic rings. The van der Waals surface area contributed by atoms with E-state index in [-0.39, 0.29) is 4.87 Å². The van der Waals surface area contributed by atoms with E-state index in [1.165, 1.54) is 22.6 Å². The highest BCUT2D eigenvalue weighted by molar-refractivity contribution is 7.07. The van der Waals surface area contributed by atoms with Gasteiger partial charge in [0.2, 0.25) is 0 Å². The summed E-state index contributed by atoms with van der Waals surface area (Å²) >= 11 is 1.29. The van der Waals surface area contributed by atoms with Crippen LogP contribution in [0.1, 0.15) is 18.9 Å². The van der Waals surface area contributed by atoms with E-state index in [0.29, 0.717) is 0 Å². The summed E-state index contributed by atoms with van der Waals surface area (Å²) in [6.07, 6.45) is 2.06. The fraction of sp³-hybridized carbons (Fsp3) is 0.357. The average molecular weight is 260 g/mol. The van der Waals surface area contributed by atoms with Gasteiger partial charge in [0.15, 0.2) is 0 Å². The average Bonchev–Trinajstić information content (AvgIpc) is 2.97. The molecule has 0 fully saturated rings. The molecule has 1 aromatic carbocycles. The fourth-order valence-corrected chi connectivity index (χ4v) is 3.25. The quantitative estimate of drug-likeness (QED) is 0.920. The first-order valence-electron chi connectivity index (χ1n) is 6.35. The second kappa shape index (κ2) is 4.61. The normalized spacial score (nSPS) is 13.4. The topological polar surface area (TPSA) is 34.0 Å². The molecule has 0 amide bonds. The number of fused-ring (bicyclic) bond motifs is 1. The third kappa shape index (κ3) is 1.86. The Hall–Kier alpha value is -1.55. The summed E-state index contributed by atoms with van der Waals surface area (Å²) in [5.74, 6) is 0. The van der Waals surface area contributed by atoms with Gasteiger partial charge in [0.1, 0.15) is 0 Å². The molecule has 1 aliphatic heterocycles. The molecule has 1 N–H and O–H groups in total. The van der Waals surface area contributed by atoms with Crippen molar-refractivity contribution in [2.75, 3.05) is 11.9 Å². The molecule has 2 aromatic rings. The summed E-state index contributed by atoms with van der Waals surface area (Å²) < 4.78 is 1.88. The maximum atomic E-state index is 11.8. The molecule has 0 unspecified atom stereocenters. The lowest BCUT2D eigenvalue weighted by Crippen LogP contribution is -2.13. The Balaban J connectivity index is 2.07. The molecular formula is C14H16N2OS. The number of rotatable bonds is 3. The molecule has 0 saturated heterocycles. The van der Waals surface area contributed by atoms with Crippen LogP contribution in [0.15, 0.2) is 28.4 Å². The van der Waals surface area contributed by atoms with Crippen molar-refractivity contribution >= 4 is 17.0 Å². The van der Waals surface area contributed by atoms with Crippen LogP contribution in [0.25, 0.3) is 11.3 Å². The molecule has 0 radical (unpaired) electrons. The van der Waals surface area contributed by atoms with E-state index in [1.54, 1.807) is 0 Å². The molecule has 4 heteroatoms. The minimum Gasteiger partial charge on any atom is -0.384 e. The van der Waals surface area contributed by atoms with Crippen LogP contribution in [0, 0.1) is 0 Å². The van der Waals surface area contributed by atoms with Gasteiger partial charge in [-0.05, 0) is 36.1 Å². The molecule has 3 rings (SSSR count). The first kappa shape index (κ1) is 11.5. The Kier molecular flexibility index (Phi) is 2.96. The van der Waals surface area contributed by atoms with Crippen LogP contribution in [0.4, 0.5) is 5.69 Å². The first-order chi connectivity index (χ1) is 8.79. The maximum Gasteiger partial charge on any atom is 0.307 e. The zero-order valence-corrected chi connectivity index (χ0v) is 11.2. The van der Waals surface area contributed by atoms with Crippen LogP contribution >= 0.6 is 11.3 Å². The Morgan fingerprint density at radius 2 is 2.33 bits per heavy atom. The standard InChI is InChI=1S/C14H16N2OS/c1-2-7-16-13(9-18-14(16)17)11-3-4-12-10(8-11)5-6-15-12/h3-4,8-9,15H,2,5-7H2,1H3. The third-order valence-corrected chi connectivity index (χ3v) is 4.10. The molecule has 0 atom stereocenters. The van der Waals surface area contributed by atoms with Crippen LogP contribution < -0.4 is 10.2 Å². The third-order valence-electron chi connectivity index (χ3n) is 3.34. The van der Waals surface area contributed by atoms with Crippen LogP contribution in [0.5, 0.6) is 0 Å². The summed E-state index contributed by atoms with van der Waals surface area (Å²) in [7, 11) is 0. The van der Waals surface area contributed by atoms with E-state index in [9.17, 15) is 4.79 Å². The van der Waals surface area contributed by atoms with Crippen molar-refractivity contribution in [3.05, 3.63) is 38.8 Å². The van der Waals surface area contributed by atoms with Crippen LogP contribution in [-0.4, -0.2) is 11.1 Å². The van der Waals surface area contributed by atoms with E-state index in [4.69, 9.17) is 0 Å². The predicted molar refractivity (Wildman–Crippen MR) is 76.5 cm³/mol. The van der Waals surface area contributed by atoms with Gasteiger partial charge in [0, 0.05) is 24.2 Å². The predicted octanol–water partition coefficient (Wildman–Crippen LogP) is 2.95. The number of thiazole rings is 1. The van der Waals surface area contributed by atoms with Crippen molar-refractivity contribution in [2.24, 2.45) is 0 Å². The van der Waals surface area contributed by atoms with E-state index in [0.717, 1.165) is 37.2 Å². The number of aromatic nitrogens is 1. The minimum absolute atomic E-state index is 0.144. The monoisotopic (exact) mass is 260 g/mol. The number of benzene rings is 1. The number of hydrogen-bond donors (Lipinski definition) is 1. The van der Waals surface area contributed by atoms with Gasteiger partial charge < -0.3 is 5.32 Å². The molecule has 0 saturated carbocycles. The lowest BCUT2D eigenvalue weighted by atomic mass is 10.1. The number of anilines is 1. The Bertz CT molecular complexity index is 627. The molecule has 0 spiro atoms. The fourth-order valence-electron chi connectivity index (χ4n) is 2.46. The molecule has 0 bridgehead atoms. The summed E-state index contributed by atoms with van der Waals surface area (Å²) in [5.41, 5.74) is 4.80. The summed E-state index contributed by atoms with van der Waals surface area (Å²) in [6.45, 7) is 3.91. The van der Waals surface area contributed by atoms with Crippen molar-refractivity contribution in [3.8, 4) is 11.3 Å². The first-order valence-corrected chi connectivity index (χ1v) is 7.23. The van der Waals surface area contributed by atoms with Gasteiger partial charge in [-0.1, -0.05) is 24.3 Å². The summed E-state index contributed by atoms with van der Waals surface area (Å²) in [4.78, 5) is 12.0. The van der Waals surface area contributed by atoms with Crippen molar-refractivity contribution in [3.63, 3.8) is 0 Å². The Morgan fingerprint density at radius 1 is 1.44 bits per heavy atom. The van der Waals surface area contributed by atoms with Gasteiger partial charge in [-0.25, -0.2) is 0 Å². The van der Waals surface area contributed by atoms with Crippen LogP contribution in [0.3, 0.4) is 0 Å². The number of hydrogen-bond acceptors (Lipinski definition) is 3. The largest absolute Gasteiger partial charge is 0.384 e. The van der Waals surface area contributed by atoms with Gasteiger partial charge in [-0.15, -0.1) is 0 Å². The molecule has 3 nitrogen and oxygen atoms in total. The molecular weight excluding hydrogens is 244 g/mol. The van der Waals surface area contributed by atoms with Crippen LogP contribution in [-0.2, 0) is 13.0 Å². The zero-order valence-electron chi connectivity index (χ0n) is 10.4. The molecule has 0 aliphatic carbocycles. The molecule has 94 valence electrons. The van der Waals surface area contributed by atoms with E-state index in [2.05, 4.69) is 30.4 Å². The van der Waals surface area contributed by atoms with E-state index < -0.39 is 0 Å². The number of nitrogens with one attached hydrogen (secondary N) is 1. The highest BCUT2D eigenvalue weighted by Gasteiger charge is 2.13. The van der Waals surface area contributed by atoms with Gasteiger partial charge >= 0.3 is 4.87 Å². The smallest absolute Gasteiger partial charge is 0.307 e. The second-order valence-corrected chi connectivity index (χ2v) is 5.41.